The zero-order valence-electron chi connectivity index (χ0n) is 13.1. The van der Waals surface area contributed by atoms with Crippen LogP contribution in [0.5, 0.6) is 0 Å². The summed E-state index contributed by atoms with van der Waals surface area (Å²) < 4.78 is 33.9. The fraction of sp³-hybridized carbons (Fsp3) is 0.222. The maximum atomic E-state index is 12.7. The van der Waals surface area contributed by atoms with E-state index in [1.807, 2.05) is 19.1 Å². The van der Waals surface area contributed by atoms with Crippen molar-refractivity contribution < 1.29 is 13.2 Å². The van der Waals surface area contributed by atoms with Crippen LogP contribution in [0.3, 0.4) is 0 Å². The molecule has 0 amide bonds. The minimum absolute atomic E-state index is 0.231. The number of sulfonamides is 1. The molecule has 1 heterocycles. The van der Waals surface area contributed by atoms with Gasteiger partial charge in [-0.25, -0.2) is 13.1 Å². The summed E-state index contributed by atoms with van der Waals surface area (Å²) in [7, 11) is -3.67. The van der Waals surface area contributed by atoms with Crippen LogP contribution in [0.25, 0.3) is 0 Å². The SMILES string of the molecule is Cc1ccc(S(=O)(=O)N[C@@H](c2ccc(Cl)cc2)[C@@H]2C=CCO2)cc1. The molecule has 0 aromatic heterocycles. The Morgan fingerprint density at radius 1 is 1.12 bits per heavy atom. The Labute approximate surface area is 147 Å². The summed E-state index contributed by atoms with van der Waals surface area (Å²) in [5.74, 6) is 0. The molecular formula is C18H18ClNO3S. The van der Waals surface area contributed by atoms with E-state index in [0.29, 0.717) is 11.6 Å². The van der Waals surface area contributed by atoms with Crippen LogP contribution < -0.4 is 4.72 Å². The van der Waals surface area contributed by atoms with E-state index in [2.05, 4.69) is 4.72 Å². The highest BCUT2D eigenvalue weighted by Gasteiger charge is 2.29. The first-order valence-electron chi connectivity index (χ1n) is 7.58. The quantitative estimate of drug-likeness (QED) is 0.825. The number of hydrogen-bond acceptors (Lipinski definition) is 3. The predicted molar refractivity (Wildman–Crippen MR) is 94.6 cm³/mol. The van der Waals surface area contributed by atoms with Crippen LogP contribution in [0.2, 0.25) is 5.02 Å². The Balaban J connectivity index is 1.92. The molecule has 0 aliphatic carbocycles. The molecule has 0 spiro atoms. The predicted octanol–water partition coefficient (Wildman–Crippen LogP) is 3.62. The van der Waals surface area contributed by atoms with E-state index in [0.717, 1.165) is 11.1 Å². The summed E-state index contributed by atoms with van der Waals surface area (Å²) in [6.45, 7) is 2.39. The summed E-state index contributed by atoms with van der Waals surface area (Å²) >= 11 is 5.94. The van der Waals surface area contributed by atoms with Gasteiger partial charge in [-0.3, -0.25) is 0 Å². The molecule has 0 bridgehead atoms. The molecule has 3 rings (SSSR count). The fourth-order valence-corrected chi connectivity index (χ4v) is 3.93. The normalized spacial score (nSPS) is 18.7. The van der Waals surface area contributed by atoms with Crippen molar-refractivity contribution in [2.75, 3.05) is 6.61 Å². The molecule has 0 radical (unpaired) electrons. The van der Waals surface area contributed by atoms with Crippen LogP contribution in [-0.2, 0) is 14.8 Å². The lowest BCUT2D eigenvalue weighted by Gasteiger charge is -2.24. The molecule has 1 aliphatic rings. The monoisotopic (exact) mass is 363 g/mol. The lowest BCUT2D eigenvalue weighted by atomic mass is 10.0. The van der Waals surface area contributed by atoms with Gasteiger partial charge in [0.2, 0.25) is 10.0 Å². The van der Waals surface area contributed by atoms with Gasteiger partial charge in [-0.2, -0.15) is 0 Å². The van der Waals surface area contributed by atoms with Crippen molar-refractivity contribution in [1.29, 1.82) is 0 Å². The third-order valence-electron chi connectivity index (χ3n) is 3.88. The highest BCUT2D eigenvalue weighted by Crippen LogP contribution is 2.26. The molecular weight excluding hydrogens is 346 g/mol. The first-order chi connectivity index (χ1) is 11.5. The smallest absolute Gasteiger partial charge is 0.241 e. The first kappa shape index (κ1) is 17.2. The van der Waals surface area contributed by atoms with E-state index in [4.69, 9.17) is 16.3 Å². The zero-order chi connectivity index (χ0) is 17.2. The summed E-state index contributed by atoms with van der Waals surface area (Å²) in [6.07, 6.45) is 3.40. The van der Waals surface area contributed by atoms with Crippen LogP contribution in [-0.4, -0.2) is 21.1 Å². The molecule has 4 nitrogen and oxygen atoms in total. The topological polar surface area (TPSA) is 55.4 Å². The number of halogens is 1. The maximum absolute atomic E-state index is 12.7. The van der Waals surface area contributed by atoms with Crippen LogP contribution in [0.4, 0.5) is 0 Å². The Morgan fingerprint density at radius 2 is 1.79 bits per heavy atom. The molecule has 0 fully saturated rings. The molecule has 0 unspecified atom stereocenters. The molecule has 2 aromatic rings. The van der Waals surface area contributed by atoms with E-state index in [9.17, 15) is 8.42 Å². The van der Waals surface area contributed by atoms with E-state index in [1.54, 1.807) is 48.5 Å². The van der Waals surface area contributed by atoms with Crippen molar-refractivity contribution >= 4 is 21.6 Å². The molecule has 2 aromatic carbocycles. The number of aryl methyl sites for hydroxylation is 1. The van der Waals surface area contributed by atoms with Crippen molar-refractivity contribution in [1.82, 2.24) is 4.72 Å². The van der Waals surface area contributed by atoms with Gasteiger partial charge in [-0.15, -0.1) is 0 Å². The van der Waals surface area contributed by atoms with Crippen LogP contribution in [0.15, 0.2) is 65.6 Å². The lowest BCUT2D eigenvalue weighted by Crippen LogP contribution is -2.35. The minimum atomic E-state index is -3.67. The number of nitrogens with one attached hydrogen (secondary N) is 1. The van der Waals surface area contributed by atoms with Crippen LogP contribution in [0, 0.1) is 6.92 Å². The molecule has 24 heavy (non-hydrogen) atoms. The zero-order valence-corrected chi connectivity index (χ0v) is 14.7. The maximum Gasteiger partial charge on any atom is 0.241 e. The summed E-state index contributed by atoms with van der Waals surface area (Å²) in [6, 6.07) is 13.3. The van der Waals surface area contributed by atoms with Gasteiger partial charge < -0.3 is 4.74 Å². The van der Waals surface area contributed by atoms with Crippen LogP contribution in [0.1, 0.15) is 17.2 Å². The van der Waals surface area contributed by atoms with Crippen molar-refractivity contribution in [2.45, 2.75) is 24.0 Å². The van der Waals surface area contributed by atoms with E-state index in [-0.39, 0.29) is 11.0 Å². The summed E-state index contributed by atoms with van der Waals surface area (Å²) in [5.41, 5.74) is 1.80. The lowest BCUT2D eigenvalue weighted by molar-refractivity contribution is 0.103. The number of hydrogen-bond donors (Lipinski definition) is 1. The Hall–Kier alpha value is -1.66. The second-order valence-corrected chi connectivity index (χ2v) is 7.84. The third kappa shape index (κ3) is 3.87. The van der Waals surface area contributed by atoms with Crippen molar-refractivity contribution in [2.24, 2.45) is 0 Å². The van der Waals surface area contributed by atoms with Crippen LogP contribution >= 0.6 is 11.6 Å². The largest absolute Gasteiger partial charge is 0.368 e. The van der Waals surface area contributed by atoms with Gasteiger partial charge in [0, 0.05) is 5.02 Å². The first-order valence-corrected chi connectivity index (χ1v) is 9.44. The van der Waals surface area contributed by atoms with Gasteiger partial charge in [-0.1, -0.05) is 53.6 Å². The molecule has 0 saturated heterocycles. The molecule has 0 saturated carbocycles. The van der Waals surface area contributed by atoms with Gasteiger partial charge in [0.25, 0.3) is 0 Å². The molecule has 1 N–H and O–H groups in total. The summed E-state index contributed by atoms with van der Waals surface area (Å²) in [5, 5.41) is 0.599. The summed E-state index contributed by atoms with van der Waals surface area (Å²) in [4.78, 5) is 0.231. The standard InChI is InChI=1S/C18H18ClNO3S/c1-13-4-10-16(11-5-13)24(21,22)20-18(17-3-2-12-23-17)14-6-8-15(19)9-7-14/h2-11,17-18,20H,12H2,1H3/t17-,18-/m0/s1. The number of benzene rings is 2. The fourth-order valence-electron chi connectivity index (χ4n) is 2.57. The van der Waals surface area contributed by atoms with Gasteiger partial charge in [0.1, 0.15) is 0 Å². The highest BCUT2D eigenvalue weighted by atomic mass is 35.5. The van der Waals surface area contributed by atoms with Gasteiger partial charge >= 0.3 is 0 Å². The van der Waals surface area contributed by atoms with Gasteiger partial charge in [0.05, 0.1) is 23.6 Å². The minimum Gasteiger partial charge on any atom is -0.368 e. The average molecular weight is 364 g/mol. The Morgan fingerprint density at radius 3 is 2.38 bits per heavy atom. The van der Waals surface area contributed by atoms with Crippen molar-refractivity contribution in [3.05, 3.63) is 76.8 Å². The Kier molecular flexibility index (Phi) is 5.06. The molecule has 2 atom stereocenters. The van der Waals surface area contributed by atoms with E-state index in [1.165, 1.54) is 0 Å². The second-order valence-electron chi connectivity index (χ2n) is 5.69. The highest BCUT2D eigenvalue weighted by molar-refractivity contribution is 7.89. The Bertz CT molecular complexity index is 830. The third-order valence-corrected chi connectivity index (χ3v) is 5.59. The molecule has 126 valence electrons. The van der Waals surface area contributed by atoms with Crippen molar-refractivity contribution in [3.8, 4) is 0 Å². The van der Waals surface area contributed by atoms with E-state index < -0.39 is 16.1 Å². The van der Waals surface area contributed by atoms with Crippen molar-refractivity contribution in [3.63, 3.8) is 0 Å². The number of ether oxygens (including phenoxy) is 1. The van der Waals surface area contributed by atoms with E-state index >= 15 is 0 Å². The van der Waals surface area contributed by atoms with Gasteiger partial charge in [0.15, 0.2) is 0 Å². The average Bonchev–Trinajstić information content (AvgIpc) is 3.08. The number of rotatable bonds is 5. The second kappa shape index (κ2) is 7.07. The van der Waals surface area contributed by atoms with Gasteiger partial charge in [-0.05, 0) is 36.8 Å². The molecule has 1 aliphatic heterocycles. The molecule has 6 heteroatoms.